The van der Waals surface area contributed by atoms with E-state index in [1.54, 1.807) is 4.68 Å². The zero-order valence-corrected chi connectivity index (χ0v) is 41.2. The number of aromatic nitrogens is 2. The number of nitrogens with two attached hydrogens (primary N) is 1. The first-order chi connectivity index (χ1) is 34.7. The number of nitrogens with one attached hydrogen (secondary N) is 3. The number of anilines is 2. The van der Waals surface area contributed by atoms with Gasteiger partial charge in [0.25, 0.3) is 0 Å². The van der Waals surface area contributed by atoms with Crippen LogP contribution in [0.5, 0.6) is 11.5 Å². The number of nitrogens with zero attached hydrogens (tertiary/aromatic N) is 4. The van der Waals surface area contributed by atoms with Crippen molar-refractivity contribution in [2.24, 2.45) is 18.7 Å². The van der Waals surface area contributed by atoms with E-state index in [-0.39, 0.29) is 63.4 Å². The number of rotatable bonds is 13. The Kier molecular flexibility index (Phi) is 13.5. The molecule has 5 aromatic carbocycles. The Morgan fingerprint density at radius 3 is 2.36 bits per heavy atom. The van der Waals surface area contributed by atoms with Gasteiger partial charge < -0.3 is 25.8 Å². The molecule has 3 aliphatic heterocycles. The van der Waals surface area contributed by atoms with E-state index >= 15 is 8.78 Å². The molecule has 3 fully saturated rings. The van der Waals surface area contributed by atoms with Crippen LogP contribution in [0.2, 0.25) is 5.02 Å². The molecule has 10 rings (SSSR count). The van der Waals surface area contributed by atoms with Crippen molar-refractivity contribution in [3.8, 4) is 22.6 Å². The number of likely N-dealkylation sites (tertiary alicyclic amines) is 1. The van der Waals surface area contributed by atoms with Crippen molar-refractivity contribution in [1.82, 2.24) is 25.3 Å². The largest absolute Gasteiger partial charge is 0.494 e. The van der Waals surface area contributed by atoms with Crippen molar-refractivity contribution in [3.63, 3.8) is 0 Å². The minimum Gasteiger partial charge on any atom is -0.494 e. The maximum atomic E-state index is 16.2. The second kappa shape index (κ2) is 20.0. The summed E-state index contributed by atoms with van der Waals surface area (Å²) in [6.45, 7) is 5.24. The first-order valence-electron chi connectivity index (χ1n) is 24.6. The molecule has 374 valence electrons. The van der Waals surface area contributed by atoms with E-state index in [2.05, 4.69) is 50.2 Å². The Morgan fingerprint density at radius 1 is 0.931 bits per heavy atom. The van der Waals surface area contributed by atoms with Crippen LogP contribution in [0, 0.1) is 17.6 Å². The van der Waals surface area contributed by atoms with Gasteiger partial charge in [0.15, 0.2) is 23.0 Å². The highest BCUT2D eigenvalue weighted by Gasteiger charge is 2.50. The monoisotopic (exact) mass is 998 g/mol. The van der Waals surface area contributed by atoms with Crippen molar-refractivity contribution >= 4 is 57.8 Å². The van der Waals surface area contributed by atoms with E-state index in [0.717, 1.165) is 67.5 Å². The molecule has 17 heteroatoms. The topological polar surface area (TPSA) is 173 Å². The molecule has 0 bridgehead atoms. The number of imide groups is 1. The summed E-state index contributed by atoms with van der Waals surface area (Å²) in [5, 5.41) is 14.4. The highest BCUT2D eigenvalue weighted by Crippen LogP contribution is 2.56. The number of ether oxygens (including phenoxy) is 2. The summed E-state index contributed by atoms with van der Waals surface area (Å²) in [7, 11) is 3.18. The summed E-state index contributed by atoms with van der Waals surface area (Å²) in [5.41, 5.74) is 9.61. The Bertz CT molecular complexity index is 3080. The fourth-order valence-corrected chi connectivity index (χ4v) is 11.6. The molecule has 1 saturated carbocycles. The van der Waals surface area contributed by atoms with Gasteiger partial charge in [-0.25, -0.2) is 13.6 Å². The summed E-state index contributed by atoms with van der Waals surface area (Å²) in [5.74, 6) is -2.62. The molecule has 14 nitrogen and oxygen atoms in total. The molecule has 0 spiro atoms. The van der Waals surface area contributed by atoms with Gasteiger partial charge in [-0.15, -0.1) is 0 Å². The number of hydrogen-bond donors (Lipinski definition) is 4. The van der Waals surface area contributed by atoms with Gasteiger partial charge in [0.2, 0.25) is 17.7 Å². The number of carbonyl (C=O) groups is 4. The van der Waals surface area contributed by atoms with E-state index in [4.69, 9.17) is 26.8 Å². The quantitative estimate of drug-likeness (QED) is 0.0880. The van der Waals surface area contributed by atoms with Gasteiger partial charge in [-0.3, -0.25) is 34.2 Å². The molecule has 72 heavy (non-hydrogen) atoms. The first-order valence-corrected chi connectivity index (χ1v) is 25.0. The summed E-state index contributed by atoms with van der Waals surface area (Å²) in [4.78, 5) is 54.6. The third kappa shape index (κ3) is 9.15. The van der Waals surface area contributed by atoms with Gasteiger partial charge in [0, 0.05) is 84.8 Å². The Morgan fingerprint density at radius 2 is 1.67 bits per heavy atom. The molecule has 4 heterocycles. The molecule has 1 aliphatic carbocycles. The number of hydrogen-bond acceptors (Lipinski definition) is 9. The maximum absolute atomic E-state index is 16.2. The molecule has 0 radical (unpaired) electrons. The lowest BCUT2D eigenvalue weighted by molar-refractivity contribution is -0.121. The standard InChI is InChI=1S/C55H57ClF2N8O6/c1-31-46-44(28-41(57)49(56)48(46)47-40(51(59)68)19-20-43(71-3)50(47)58)72-55(31,36-7-5-4-6-8-36)30-60-37-16-11-34(12-17-37)53(69)61-38-14-9-32(10-15-38)29-65-24-21-33(22-25-65)35-13-18-39-42(27-35)64(2)63-52(39)66-26-23-45(67)62-54(66)70/h4-10,13-15,18-20,27-28,31,33-34,37,60H,11-12,16-17,21-26,29-30H2,1-3H3,(H2,59,68)(H,61,69)(H,62,67,70)/t31-,34?,37?,55-/m0/s1. The average Bonchev–Trinajstić information content (AvgIpc) is 3.86. The molecule has 2 atom stereocenters. The van der Waals surface area contributed by atoms with E-state index in [9.17, 15) is 19.2 Å². The number of carbonyl (C=O) groups excluding carboxylic acids is 4. The van der Waals surface area contributed by atoms with E-state index in [0.29, 0.717) is 43.2 Å². The number of amides is 5. The number of halogens is 3. The highest BCUT2D eigenvalue weighted by molar-refractivity contribution is 6.34. The summed E-state index contributed by atoms with van der Waals surface area (Å²) >= 11 is 6.69. The van der Waals surface area contributed by atoms with Gasteiger partial charge in [-0.2, -0.15) is 5.10 Å². The van der Waals surface area contributed by atoms with Crippen LogP contribution >= 0.6 is 11.6 Å². The number of fused-ring (bicyclic) bond motifs is 2. The van der Waals surface area contributed by atoms with Crippen LogP contribution in [0.15, 0.2) is 91.0 Å². The second-order valence-electron chi connectivity index (χ2n) is 19.6. The highest BCUT2D eigenvalue weighted by atomic mass is 35.5. The van der Waals surface area contributed by atoms with Crippen LogP contribution in [0.25, 0.3) is 22.0 Å². The van der Waals surface area contributed by atoms with E-state index in [1.807, 2.05) is 62.5 Å². The van der Waals surface area contributed by atoms with Crippen LogP contribution in [0.4, 0.5) is 25.1 Å². The number of urea groups is 1. The van der Waals surface area contributed by atoms with Gasteiger partial charge in [-0.1, -0.05) is 67.1 Å². The van der Waals surface area contributed by atoms with Gasteiger partial charge in [0.1, 0.15) is 11.6 Å². The maximum Gasteiger partial charge on any atom is 0.329 e. The fraction of sp³-hybridized carbons (Fsp3) is 0.364. The minimum atomic E-state index is -1.09. The molecule has 6 aromatic rings. The number of primary amides is 1. The van der Waals surface area contributed by atoms with Gasteiger partial charge >= 0.3 is 6.03 Å². The Hall–Kier alpha value is -6.88. The molecule has 0 unspecified atom stereocenters. The molecule has 4 aliphatic rings. The van der Waals surface area contributed by atoms with Crippen molar-refractivity contribution < 1.29 is 37.4 Å². The van der Waals surface area contributed by atoms with Crippen molar-refractivity contribution in [1.29, 1.82) is 0 Å². The first kappa shape index (κ1) is 48.7. The molecule has 5 amide bonds. The number of piperidine rings is 1. The van der Waals surface area contributed by atoms with Crippen LogP contribution in [-0.4, -0.2) is 77.8 Å². The minimum absolute atomic E-state index is 0.00668. The molecular weight excluding hydrogens is 942 g/mol. The average molecular weight is 1000 g/mol. The number of aryl methyl sites for hydroxylation is 1. The zero-order valence-electron chi connectivity index (χ0n) is 40.4. The smallest absolute Gasteiger partial charge is 0.329 e. The summed E-state index contributed by atoms with van der Waals surface area (Å²) < 4.78 is 45.8. The predicted octanol–water partition coefficient (Wildman–Crippen LogP) is 9.28. The lowest BCUT2D eigenvalue weighted by atomic mass is 9.77. The number of benzene rings is 5. The van der Waals surface area contributed by atoms with Gasteiger partial charge in [0.05, 0.1) is 23.2 Å². The van der Waals surface area contributed by atoms with Crippen LogP contribution < -0.4 is 36.1 Å². The fourth-order valence-electron chi connectivity index (χ4n) is 11.3. The van der Waals surface area contributed by atoms with Crippen LogP contribution in [0.1, 0.15) is 96.3 Å². The normalized spacial score (nSPS) is 21.6. The van der Waals surface area contributed by atoms with Crippen molar-refractivity contribution in [2.45, 2.75) is 81.9 Å². The lowest BCUT2D eigenvalue weighted by Gasteiger charge is -2.37. The molecule has 5 N–H and O–H groups in total. The Labute approximate surface area is 421 Å². The van der Waals surface area contributed by atoms with E-state index < -0.39 is 35.1 Å². The Balaban J connectivity index is 0.737. The van der Waals surface area contributed by atoms with E-state index in [1.165, 1.54) is 41.3 Å². The molecule has 2 saturated heterocycles. The molecule has 1 aromatic heterocycles. The second-order valence-corrected chi connectivity index (χ2v) is 19.9. The van der Waals surface area contributed by atoms with Gasteiger partial charge in [-0.05, 0) is 111 Å². The lowest BCUT2D eigenvalue weighted by Crippen LogP contribution is -2.49. The third-order valence-corrected chi connectivity index (χ3v) is 15.7. The van der Waals surface area contributed by atoms with Crippen LogP contribution in [-0.2, 0) is 28.8 Å². The van der Waals surface area contributed by atoms with Crippen molar-refractivity contribution in [2.75, 3.05) is 43.5 Å². The number of methoxy groups -OCH3 is 1. The third-order valence-electron chi connectivity index (χ3n) is 15.4. The zero-order chi connectivity index (χ0) is 50.4. The SMILES string of the molecule is COc1ccc(C(N)=O)c(-c2c(Cl)c(F)cc3c2[C@H](C)[C@@](CNC2CCC(C(=O)Nc4ccc(CN5CCC(c6ccc7c(N8CCC(=O)NC8=O)nn(C)c7c6)CC5)cc4)CC2)(c2ccccc2)O3)c1F. The predicted molar refractivity (Wildman–Crippen MR) is 271 cm³/mol. The molecular formula is C55H57ClF2N8O6. The van der Waals surface area contributed by atoms with Crippen molar-refractivity contribution in [3.05, 3.63) is 135 Å². The van der Waals surface area contributed by atoms with Crippen LogP contribution in [0.3, 0.4) is 0 Å². The summed E-state index contributed by atoms with van der Waals surface area (Å²) in [6.07, 6.45) is 5.11. The summed E-state index contributed by atoms with van der Waals surface area (Å²) in [6, 6.07) is 27.5.